The minimum atomic E-state index is -1.27. The Kier molecular flexibility index (Phi) is 8.84. The summed E-state index contributed by atoms with van der Waals surface area (Å²) in [6, 6.07) is 13.8. The standard InChI is InChI=1S/2C13H12F.2ClH.Hf/c2*1-9-6-10(2)13(7-9)11-4-3-5-12(14)8-11;;;/h2*3-5,7-9H,1-2H3;2*1H;/q;;;;+2/p-2. The number of benzene rings is 2. The maximum atomic E-state index is 13.7. The smallest absolute Gasteiger partial charge is 1.00 e. The molecule has 0 N–H and O–H groups in total. The van der Waals surface area contributed by atoms with Gasteiger partial charge in [0.25, 0.3) is 0 Å². The molecule has 0 aliphatic heterocycles. The van der Waals surface area contributed by atoms with Crippen molar-refractivity contribution >= 4 is 11.1 Å². The first-order valence-corrected chi connectivity index (χ1v) is 13.6. The molecule has 160 valence electrons. The second-order valence-corrected chi connectivity index (χ2v) is 12.7. The van der Waals surface area contributed by atoms with E-state index in [-0.39, 0.29) is 36.4 Å². The van der Waals surface area contributed by atoms with Crippen LogP contribution in [0.3, 0.4) is 0 Å². The van der Waals surface area contributed by atoms with Crippen LogP contribution < -0.4 is 24.8 Å². The van der Waals surface area contributed by atoms with Crippen molar-refractivity contribution in [2.75, 3.05) is 0 Å². The van der Waals surface area contributed by atoms with Crippen LogP contribution in [0.4, 0.5) is 8.78 Å². The summed E-state index contributed by atoms with van der Waals surface area (Å²) in [6.45, 7) is 8.90. The fourth-order valence-corrected chi connectivity index (χ4v) is 9.98. The summed E-state index contributed by atoms with van der Waals surface area (Å²) in [4.78, 5) is 0. The van der Waals surface area contributed by atoms with Crippen LogP contribution >= 0.6 is 0 Å². The molecule has 2 aliphatic carbocycles. The number of allylic oxidation sites excluding steroid dienone is 8. The predicted octanol–water partition coefficient (Wildman–Crippen LogP) is 1.37. The summed E-state index contributed by atoms with van der Waals surface area (Å²) in [7, 11) is 0. The van der Waals surface area contributed by atoms with Crippen molar-refractivity contribution in [2.45, 2.75) is 27.7 Å². The first-order chi connectivity index (χ1) is 13.8. The van der Waals surface area contributed by atoms with Crippen molar-refractivity contribution in [1.82, 2.24) is 0 Å². The van der Waals surface area contributed by atoms with Gasteiger partial charge in [0.2, 0.25) is 0 Å². The van der Waals surface area contributed by atoms with Gasteiger partial charge in [-0.3, -0.25) is 0 Å². The Bertz CT molecular complexity index is 1020. The van der Waals surface area contributed by atoms with E-state index in [1.165, 1.54) is 34.4 Å². The van der Waals surface area contributed by atoms with Gasteiger partial charge in [-0.2, -0.15) is 0 Å². The van der Waals surface area contributed by atoms with Gasteiger partial charge < -0.3 is 24.8 Å². The van der Waals surface area contributed by atoms with Crippen LogP contribution in [-0.2, 0) is 22.9 Å². The van der Waals surface area contributed by atoms with Gasteiger partial charge in [0.1, 0.15) is 0 Å². The molecule has 0 heterocycles. The molecule has 0 saturated heterocycles. The second kappa shape index (κ2) is 10.6. The fourth-order valence-electron chi connectivity index (χ4n) is 4.39. The first-order valence-electron chi connectivity index (χ1n) is 10.00. The molecule has 2 aliphatic rings. The van der Waals surface area contributed by atoms with E-state index in [2.05, 4.69) is 39.8 Å². The number of hydrogen-bond donors (Lipinski definition) is 0. The molecule has 0 saturated carbocycles. The Morgan fingerprint density at radius 1 is 0.677 bits per heavy atom. The van der Waals surface area contributed by atoms with E-state index < -0.39 is 22.9 Å². The van der Waals surface area contributed by atoms with Crippen LogP contribution in [0.15, 0.2) is 78.5 Å². The van der Waals surface area contributed by atoms with Crippen molar-refractivity contribution in [2.24, 2.45) is 11.8 Å². The SMILES string of the molecule is CC1=[C]([Hf+2][C]2=C(C)C(c3cccc(F)c3)=CC2C)C(C)C=C1c1cccc(F)c1.[Cl-].[Cl-]. The molecule has 0 bridgehead atoms. The Morgan fingerprint density at radius 2 is 1.06 bits per heavy atom. The molecule has 0 spiro atoms. The summed E-state index contributed by atoms with van der Waals surface area (Å²) in [5.41, 5.74) is 6.97. The summed E-state index contributed by atoms with van der Waals surface area (Å²) in [5, 5.41) is 0. The maximum Gasteiger partial charge on any atom is -1.00 e. The van der Waals surface area contributed by atoms with Crippen LogP contribution in [0.1, 0.15) is 38.8 Å². The van der Waals surface area contributed by atoms with Crippen LogP contribution in [0, 0.1) is 23.5 Å². The molecule has 0 nitrogen and oxygen atoms in total. The van der Waals surface area contributed by atoms with Gasteiger partial charge in [0, 0.05) is 0 Å². The number of hydrogen-bond acceptors (Lipinski definition) is 0. The Morgan fingerprint density at radius 3 is 1.42 bits per heavy atom. The van der Waals surface area contributed by atoms with Crippen LogP contribution in [0.25, 0.3) is 11.1 Å². The van der Waals surface area contributed by atoms with Crippen molar-refractivity contribution < 1.29 is 56.5 Å². The fraction of sp³-hybridized carbons (Fsp3) is 0.231. The van der Waals surface area contributed by atoms with Crippen molar-refractivity contribution in [3.63, 3.8) is 0 Å². The van der Waals surface area contributed by atoms with Crippen molar-refractivity contribution in [3.05, 3.63) is 101 Å². The molecule has 2 atom stereocenters. The quantitative estimate of drug-likeness (QED) is 0.452. The molecule has 4 rings (SSSR count). The summed E-state index contributed by atoms with van der Waals surface area (Å²) >= 11 is -1.27. The zero-order valence-corrected chi connectivity index (χ0v) is 23.0. The van der Waals surface area contributed by atoms with E-state index >= 15 is 0 Å². The molecule has 0 amide bonds. The number of rotatable bonds is 4. The van der Waals surface area contributed by atoms with Gasteiger partial charge in [0.05, 0.1) is 0 Å². The Hall–Kier alpha value is -1.29. The van der Waals surface area contributed by atoms with Gasteiger partial charge in [-0.05, 0) is 0 Å². The molecule has 2 aromatic carbocycles. The van der Waals surface area contributed by atoms with Gasteiger partial charge >= 0.3 is 184 Å². The molecular formula is C26H24Cl2F2Hf. The second-order valence-electron chi connectivity index (χ2n) is 7.96. The monoisotopic (exact) mass is 624 g/mol. The van der Waals surface area contributed by atoms with E-state index in [4.69, 9.17) is 0 Å². The minimum Gasteiger partial charge on any atom is -1.00 e. The Labute approximate surface area is 207 Å². The van der Waals surface area contributed by atoms with Gasteiger partial charge in [-0.15, -0.1) is 0 Å². The summed E-state index contributed by atoms with van der Waals surface area (Å²) in [6.07, 6.45) is 4.59. The number of halogens is 4. The van der Waals surface area contributed by atoms with Crippen LogP contribution in [-0.4, -0.2) is 0 Å². The topological polar surface area (TPSA) is 0 Å². The predicted molar refractivity (Wildman–Crippen MR) is 112 cm³/mol. The van der Waals surface area contributed by atoms with E-state index in [0.29, 0.717) is 11.8 Å². The van der Waals surface area contributed by atoms with Crippen molar-refractivity contribution in [1.29, 1.82) is 0 Å². The Balaban J connectivity index is 0.00000171. The molecule has 2 unspecified atom stereocenters. The van der Waals surface area contributed by atoms with Crippen LogP contribution in [0.5, 0.6) is 0 Å². The average molecular weight is 624 g/mol. The summed E-state index contributed by atoms with van der Waals surface area (Å²) < 4.78 is 30.6. The third-order valence-corrected chi connectivity index (χ3v) is 13.8. The zero-order valence-electron chi connectivity index (χ0n) is 17.9. The van der Waals surface area contributed by atoms with Gasteiger partial charge in [-0.1, -0.05) is 0 Å². The molecule has 2 aromatic rings. The maximum absolute atomic E-state index is 13.7. The van der Waals surface area contributed by atoms with E-state index in [9.17, 15) is 8.78 Å². The molecule has 0 fully saturated rings. The molecule has 0 aromatic heterocycles. The normalized spacial score (nSPS) is 20.1. The van der Waals surface area contributed by atoms with Crippen molar-refractivity contribution in [3.8, 4) is 0 Å². The van der Waals surface area contributed by atoms with Gasteiger partial charge in [-0.25, -0.2) is 0 Å². The van der Waals surface area contributed by atoms with E-state index in [0.717, 1.165) is 11.1 Å². The molecule has 31 heavy (non-hydrogen) atoms. The van der Waals surface area contributed by atoms with E-state index in [1.54, 1.807) is 30.9 Å². The zero-order chi connectivity index (χ0) is 20.7. The third kappa shape index (κ3) is 5.21. The largest absolute Gasteiger partial charge is 1.00 e. The minimum absolute atomic E-state index is 0. The first kappa shape index (κ1) is 26.0. The van der Waals surface area contributed by atoms with Crippen LogP contribution in [0.2, 0.25) is 0 Å². The summed E-state index contributed by atoms with van der Waals surface area (Å²) in [5.74, 6) is 0.433. The van der Waals surface area contributed by atoms with Gasteiger partial charge in [0.15, 0.2) is 0 Å². The molecule has 0 radical (unpaired) electrons. The molecular weight excluding hydrogens is 600 g/mol. The van der Waals surface area contributed by atoms with E-state index in [1.807, 2.05) is 12.1 Å². The third-order valence-electron chi connectivity index (χ3n) is 5.90. The average Bonchev–Trinajstić information content (AvgIpc) is 3.13. The molecule has 5 heteroatoms.